The minimum Gasteiger partial charge on any atom is -0.461 e. The van der Waals surface area contributed by atoms with Crippen molar-refractivity contribution >= 4 is 11.7 Å². The van der Waals surface area contributed by atoms with Gasteiger partial charge in [-0.2, -0.15) is 0 Å². The summed E-state index contributed by atoms with van der Waals surface area (Å²) in [6.45, 7) is 3.54. The summed E-state index contributed by atoms with van der Waals surface area (Å²) in [4.78, 5) is 25.3. The fraction of sp³-hybridized carbons (Fsp3) is 0.500. The average Bonchev–Trinajstić information content (AvgIpc) is 3.14. The molecule has 26 heavy (non-hydrogen) atoms. The molecule has 1 fully saturated rings. The molecule has 1 saturated heterocycles. The van der Waals surface area contributed by atoms with Gasteiger partial charge in [-0.3, -0.25) is 4.79 Å². The number of aliphatic hydroxyl groups excluding tert-OH is 1. The van der Waals surface area contributed by atoms with Gasteiger partial charge in [-0.15, -0.1) is 0 Å². The van der Waals surface area contributed by atoms with Crippen LogP contribution in [0.4, 0.5) is 5.82 Å². The SMILES string of the molecule is O=C(CO)N1CCc2nc(-c3ccco3)nc(N3CCOCC3)c2CC1. The van der Waals surface area contributed by atoms with Crippen LogP contribution >= 0.6 is 0 Å². The van der Waals surface area contributed by atoms with E-state index in [0.29, 0.717) is 50.7 Å². The highest BCUT2D eigenvalue weighted by Gasteiger charge is 2.26. The van der Waals surface area contributed by atoms with E-state index in [1.807, 2.05) is 12.1 Å². The number of anilines is 1. The van der Waals surface area contributed by atoms with Gasteiger partial charge >= 0.3 is 0 Å². The molecule has 1 N–H and O–H groups in total. The van der Waals surface area contributed by atoms with Crippen LogP contribution in [0.15, 0.2) is 22.8 Å². The van der Waals surface area contributed by atoms with Crippen molar-refractivity contribution in [2.75, 3.05) is 50.9 Å². The molecule has 0 aliphatic carbocycles. The van der Waals surface area contributed by atoms with E-state index in [1.165, 1.54) is 0 Å². The first-order valence-electron chi connectivity index (χ1n) is 8.91. The summed E-state index contributed by atoms with van der Waals surface area (Å²) in [5, 5.41) is 9.17. The normalized spacial score (nSPS) is 17.7. The van der Waals surface area contributed by atoms with Crippen molar-refractivity contribution < 1.29 is 19.1 Å². The summed E-state index contributed by atoms with van der Waals surface area (Å²) < 4.78 is 11.0. The van der Waals surface area contributed by atoms with Crippen LogP contribution in [0.25, 0.3) is 11.6 Å². The number of carbonyl (C=O) groups excluding carboxylic acids is 1. The topological polar surface area (TPSA) is 91.9 Å². The molecular weight excluding hydrogens is 336 g/mol. The number of fused-ring (bicyclic) bond motifs is 1. The number of morpholine rings is 1. The van der Waals surface area contributed by atoms with E-state index in [1.54, 1.807) is 11.2 Å². The van der Waals surface area contributed by atoms with Crippen molar-refractivity contribution in [3.05, 3.63) is 29.7 Å². The molecule has 2 aliphatic heterocycles. The predicted octanol–water partition coefficient (Wildman–Crippen LogP) is 0.493. The first kappa shape index (κ1) is 17.0. The second-order valence-corrected chi connectivity index (χ2v) is 6.41. The lowest BCUT2D eigenvalue weighted by Crippen LogP contribution is -2.38. The molecule has 4 heterocycles. The molecule has 2 aromatic heterocycles. The Labute approximate surface area is 151 Å². The third kappa shape index (κ3) is 3.30. The number of rotatable bonds is 3. The quantitative estimate of drug-likeness (QED) is 0.854. The van der Waals surface area contributed by atoms with Crippen LogP contribution < -0.4 is 4.90 Å². The van der Waals surface area contributed by atoms with Crippen LogP contribution in [0.5, 0.6) is 0 Å². The van der Waals surface area contributed by atoms with Gasteiger partial charge in [0.2, 0.25) is 5.91 Å². The first-order valence-corrected chi connectivity index (χ1v) is 8.91. The van der Waals surface area contributed by atoms with Gasteiger partial charge in [0.25, 0.3) is 0 Å². The molecule has 1 amide bonds. The number of aromatic nitrogens is 2. The Bertz CT molecular complexity index is 772. The third-order valence-electron chi connectivity index (χ3n) is 4.86. The Morgan fingerprint density at radius 3 is 2.69 bits per heavy atom. The number of carbonyl (C=O) groups is 1. The fourth-order valence-electron chi connectivity index (χ4n) is 3.48. The molecule has 0 bridgehead atoms. The van der Waals surface area contributed by atoms with Gasteiger partial charge < -0.3 is 24.1 Å². The number of hydrogen-bond donors (Lipinski definition) is 1. The standard InChI is InChI=1S/C18H22N4O4/c23-12-16(24)21-5-3-13-14(4-6-21)19-17(15-2-1-9-26-15)20-18(13)22-7-10-25-11-8-22/h1-2,9,23H,3-8,10-12H2. The summed E-state index contributed by atoms with van der Waals surface area (Å²) in [5.74, 6) is 1.86. The number of amides is 1. The Balaban J connectivity index is 1.73. The van der Waals surface area contributed by atoms with Crippen molar-refractivity contribution in [3.8, 4) is 11.6 Å². The van der Waals surface area contributed by atoms with Gasteiger partial charge in [0.1, 0.15) is 12.4 Å². The second kappa shape index (κ2) is 7.43. The molecule has 4 rings (SSSR count). The molecule has 0 spiro atoms. The molecule has 2 aliphatic rings. The number of furan rings is 1. The monoisotopic (exact) mass is 358 g/mol. The third-order valence-corrected chi connectivity index (χ3v) is 4.86. The highest BCUT2D eigenvalue weighted by molar-refractivity contribution is 5.77. The maximum absolute atomic E-state index is 11.9. The highest BCUT2D eigenvalue weighted by Crippen LogP contribution is 2.29. The summed E-state index contributed by atoms with van der Waals surface area (Å²) in [5.41, 5.74) is 2.02. The van der Waals surface area contributed by atoms with Gasteiger partial charge in [0.05, 0.1) is 25.2 Å². The molecule has 8 nitrogen and oxygen atoms in total. The van der Waals surface area contributed by atoms with E-state index >= 15 is 0 Å². The molecule has 0 aromatic carbocycles. The van der Waals surface area contributed by atoms with E-state index in [-0.39, 0.29) is 5.91 Å². The lowest BCUT2D eigenvalue weighted by Gasteiger charge is -2.30. The first-order chi connectivity index (χ1) is 12.8. The van der Waals surface area contributed by atoms with Gasteiger partial charge in [0.15, 0.2) is 11.6 Å². The van der Waals surface area contributed by atoms with Crippen molar-refractivity contribution in [2.45, 2.75) is 12.8 Å². The molecule has 8 heteroatoms. The summed E-state index contributed by atoms with van der Waals surface area (Å²) in [6, 6.07) is 3.67. The lowest BCUT2D eigenvalue weighted by molar-refractivity contribution is -0.134. The summed E-state index contributed by atoms with van der Waals surface area (Å²) >= 11 is 0. The minimum atomic E-state index is -0.462. The van der Waals surface area contributed by atoms with Crippen LogP contribution in [0.2, 0.25) is 0 Å². The maximum atomic E-state index is 11.9. The Morgan fingerprint density at radius 1 is 1.15 bits per heavy atom. The van der Waals surface area contributed by atoms with Crippen molar-refractivity contribution in [2.24, 2.45) is 0 Å². The van der Waals surface area contributed by atoms with E-state index in [0.717, 1.165) is 30.2 Å². The fourth-order valence-corrected chi connectivity index (χ4v) is 3.48. The summed E-state index contributed by atoms with van der Waals surface area (Å²) in [7, 11) is 0. The van der Waals surface area contributed by atoms with Crippen molar-refractivity contribution in [3.63, 3.8) is 0 Å². The average molecular weight is 358 g/mol. The van der Waals surface area contributed by atoms with Crippen molar-refractivity contribution in [1.82, 2.24) is 14.9 Å². The molecular formula is C18H22N4O4. The van der Waals surface area contributed by atoms with Gasteiger partial charge in [0, 0.05) is 38.2 Å². The largest absolute Gasteiger partial charge is 0.461 e. The van der Waals surface area contributed by atoms with Crippen LogP contribution in [-0.2, 0) is 22.4 Å². The number of hydrogen-bond acceptors (Lipinski definition) is 7. The predicted molar refractivity (Wildman–Crippen MR) is 93.8 cm³/mol. The van der Waals surface area contributed by atoms with Crippen LogP contribution in [-0.4, -0.2) is 71.9 Å². The minimum absolute atomic E-state index is 0.245. The van der Waals surface area contributed by atoms with E-state index < -0.39 is 6.61 Å². The number of ether oxygens (including phenoxy) is 1. The molecule has 0 atom stereocenters. The van der Waals surface area contributed by atoms with Crippen LogP contribution in [0, 0.1) is 0 Å². The second-order valence-electron chi connectivity index (χ2n) is 6.41. The van der Waals surface area contributed by atoms with E-state index in [4.69, 9.17) is 24.2 Å². The molecule has 2 aromatic rings. The number of aliphatic hydroxyl groups is 1. The van der Waals surface area contributed by atoms with Gasteiger partial charge in [-0.05, 0) is 18.6 Å². The lowest BCUT2D eigenvalue weighted by atomic mass is 10.1. The molecule has 138 valence electrons. The molecule has 0 radical (unpaired) electrons. The van der Waals surface area contributed by atoms with Gasteiger partial charge in [-0.25, -0.2) is 9.97 Å². The molecule has 0 unspecified atom stereocenters. The van der Waals surface area contributed by atoms with Crippen LogP contribution in [0.1, 0.15) is 11.3 Å². The van der Waals surface area contributed by atoms with E-state index in [2.05, 4.69) is 4.90 Å². The zero-order chi connectivity index (χ0) is 17.9. The van der Waals surface area contributed by atoms with Crippen LogP contribution in [0.3, 0.4) is 0 Å². The van der Waals surface area contributed by atoms with Gasteiger partial charge in [-0.1, -0.05) is 0 Å². The Hall–Kier alpha value is -2.45. The summed E-state index contributed by atoms with van der Waals surface area (Å²) in [6.07, 6.45) is 2.92. The number of nitrogens with zero attached hydrogens (tertiary/aromatic N) is 4. The Morgan fingerprint density at radius 2 is 1.96 bits per heavy atom. The molecule has 0 saturated carbocycles. The van der Waals surface area contributed by atoms with E-state index in [9.17, 15) is 4.79 Å². The maximum Gasteiger partial charge on any atom is 0.248 e. The smallest absolute Gasteiger partial charge is 0.248 e. The Kier molecular flexibility index (Phi) is 4.85. The highest BCUT2D eigenvalue weighted by atomic mass is 16.5. The zero-order valence-corrected chi connectivity index (χ0v) is 14.6. The van der Waals surface area contributed by atoms with Crippen molar-refractivity contribution in [1.29, 1.82) is 0 Å². The zero-order valence-electron chi connectivity index (χ0n) is 14.6.